The van der Waals surface area contributed by atoms with Crippen LogP contribution in [0.5, 0.6) is 0 Å². The number of sulfonamides is 1. The number of halogens is 1. The molecule has 0 spiro atoms. The van der Waals surface area contributed by atoms with Gasteiger partial charge in [-0.1, -0.05) is 53.6 Å². The smallest absolute Gasteiger partial charge is 0.207 e. The molecule has 1 heterocycles. The van der Waals surface area contributed by atoms with Crippen LogP contribution in [0.1, 0.15) is 38.2 Å². The standard InChI is InChI=1S/C15H22INO2S/c1-3-4-14-11-13(16)9-10-17(14)20(18,19)15-7-5-12(2)6-8-15/h5-8,13-14H,3-4,9-11H2,1-2H3/t13-,14+/m1/s1. The quantitative estimate of drug-likeness (QED) is 0.563. The molecule has 1 aromatic carbocycles. The summed E-state index contributed by atoms with van der Waals surface area (Å²) in [5.74, 6) is 0. The molecular weight excluding hydrogens is 385 g/mol. The predicted octanol–water partition coefficient (Wildman–Crippen LogP) is 3.75. The van der Waals surface area contributed by atoms with Gasteiger partial charge in [0, 0.05) is 16.5 Å². The SMILES string of the molecule is CCC[C@H]1C[C@H](I)CCN1S(=O)(=O)c1ccc(C)cc1. The molecule has 3 nitrogen and oxygen atoms in total. The van der Waals surface area contributed by atoms with Crippen LogP contribution in [-0.4, -0.2) is 29.2 Å². The van der Waals surface area contributed by atoms with Gasteiger partial charge in [-0.3, -0.25) is 0 Å². The van der Waals surface area contributed by atoms with Crippen LogP contribution < -0.4 is 0 Å². The molecule has 0 unspecified atom stereocenters. The maximum atomic E-state index is 12.8. The summed E-state index contributed by atoms with van der Waals surface area (Å²) in [5, 5.41) is 0. The molecule has 1 aliphatic rings. The number of benzene rings is 1. The average molecular weight is 407 g/mol. The minimum Gasteiger partial charge on any atom is -0.207 e. The first-order valence-corrected chi connectivity index (χ1v) is 9.86. The minimum atomic E-state index is -3.34. The molecule has 1 aliphatic heterocycles. The van der Waals surface area contributed by atoms with Gasteiger partial charge < -0.3 is 0 Å². The van der Waals surface area contributed by atoms with Crippen molar-refractivity contribution in [1.82, 2.24) is 4.31 Å². The van der Waals surface area contributed by atoms with E-state index in [4.69, 9.17) is 0 Å². The van der Waals surface area contributed by atoms with Crippen molar-refractivity contribution in [2.24, 2.45) is 0 Å². The second-order valence-electron chi connectivity index (χ2n) is 5.49. The third-order valence-electron chi connectivity index (χ3n) is 3.85. The Hall–Kier alpha value is -0.140. The number of nitrogens with zero attached hydrogens (tertiary/aromatic N) is 1. The van der Waals surface area contributed by atoms with E-state index < -0.39 is 10.0 Å². The largest absolute Gasteiger partial charge is 0.243 e. The lowest BCUT2D eigenvalue weighted by Gasteiger charge is -2.36. The highest BCUT2D eigenvalue weighted by atomic mass is 127. The van der Waals surface area contributed by atoms with Crippen molar-refractivity contribution in [3.8, 4) is 0 Å². The molecule has 1 fully saturated rings. The van der Waals surface area contributed by atoms with Crippen molar-refractivity contribution in [3.63, 3.8) is 0 Å². The Kier molecular flexibility index (Phi) is 5.48. The van der Waals surface area contributed by atoms with Gasteiger partial charge in [0.05, 0.1) is 4.90 Å². The van der Waals surface area contributed by atoms with Crippen LogP contribution in [0, 0.1) is 6.92 Å². The van der Waals surface area contributed by atoms with Gasteiger partial charge in [0.1, 0.15) is 0 Å². The zero-order chi connectivity index (χ0) is 14.8. The van der Waals surface area contributed by atoms with E-state index in [0.29, 0.717) is 15.4 Å². The zero-order valence-electron chi connectivity index (χ0n) is 12.0. The highest BCUT2D eigenvalue weighted by Gasteiger charge is 2.35. The van der Waals surface area contributed by atoms with Crippen LogP contribution in [0.25, 0.3) is 0 Å². The van der Waals surface area contributed by atoms with E-state index in [1.54, 1.807) is 16.4 Å². The molecule has 20 heavy (non-hydrogen) atoms. The van der Waals surface area contributed by atoms with Crippen molar-refractivity contribution in [2.45, 2.75) is 54.4 Å². The molecule has 2 atom stereocenters. The summed E-state index contributed by atoms with van der Waals surface area (Å²) in [6.45, 7) is 4.74. The molecule has 0 bridgehead atoms. The fourth-order valence-electron chi connectivity index (χ4n) is 2.74. The van der Waals surface area contributed by atoms with Gasteiger partial charge in [0.25, 0.3) is 0 Å². The summed E-state index contributed by atoms with van der Waals surface area (Å²) in [6.07, 6.45) is 3.89. The van der Waals surface area contributed by atoms with Gasteiger partial charge in [0.15, 0.2) is 0 Å². The second-order valence-corrected chi connectivity index (χ2v) is 9.15. The van der Waals surface area contributed by atoms with Crippen molar-refractivity contribution in [2.75, 3.05) is 6.54 Å². The first-order chi connectivity index (χ1) is 9.45. The fraction of sp³-hybridized carbons (Fsp3) is 0.600. The van der Waals surface area contributed by atoms with Gasteiger partial charge in [0.2, 0.25) is 10.0 Å². The minimum absolute atomic E-state index is 0.155. The Morgan fingerprint density at radius 1 is 1.30 bits per heavy atom. The lowest BCUT2D eigenvalue weighted by molar-refractivity contribution is 0.248. The van der Waals surface area contributed by atoms with E-state index in [1.165, 1.54) is 0 Å². The van der Waals surface area contributed by atoms with Gasteiger partial charge >= 0.3 is 0 Å². The normalized spacial score (nSPS) is 24.8. The number of piperidine rings is 1. The van der Waals surface area contributed by atoms with Crippen LogP contribution >= 0.6 is 22.6 Å². The van der Waals surface area contributed by atoms with Gasteiger partial charge in [-0.15, -0.1) is 0 Å². The van der Waals surface area contributed by atoms with Gasteiger partial charge in [-0.05, 0) is 38.3 Å². The van der Waals surface area contributed by atoms with E-state index in [-0.39, 0.29) is 6.04 Å². The molecule has 112 valence electrons. The number of alkyl halides is 1. The van der Waals surface area contributed by atoms with Crippen molar-refractivity contribution in [3.05, 3.63) is 29.8 Å². The molecule has 0 aliphatic carbocycles. The first-order valence-electron chi connectivity index (χ1n) is 7.17. The number of rotatable bonds is 4. The lowest BCUT2D eigenvalue weighted by Crippen LogP contribution is -2.46. The Bertz CT molecular complexity index is 541. The Morgan fingerprint density at radius 3 is 2.55 bits per heavy atom. The third-order valence-corrected chi connectivity index (χ3v) is 6.94. The monoisotopic (exact) mass is 407 g/mol. The Balaban J connectivity index is 2.29. The molecule has 2 rings (SSSR count). The molecule has 5 heteroatoms. The van der Waals surface area contributed by atoms with E-state index >= 15 is 0 Å². The van der Waals surface area contributed by atoms with E-state index in [1.807, 2.05) is 19.1 Å². The lowest BCUT2D eigenvalue weighted by atomic mass is 10.0. The molecule has 0 N–H and O–H groups in total. The van der Waals surface area contributed by atoms with Crippen LogP contribution in [0.4, 0.5) is 0 Å². The van der Waals surface area contributed by atoms with Crippen LogP contribution in [0.15, 0.2) is 29.2 Å². The summed E-state index contributed by atoms with van der Waals surface area (Å²) in [4.78, 5) is 0.427. The van der Waals surface area contributed by atoms with Crippen LogP contribution in [0.2, 0.25) is 0 Å². The Morgan fingerprint density at radius 2 is 1.95 bits per heavy atom. The molecule has 0 radical (unpaired) electrons. The number of hydrogen-bond donors (Lipinski definition) is 0. The molecule has 0 aromatic heterocycles. The van der Waals surface area contributed by atoms with E-state index in [0.717, 1.165) is 31.2 Å². The van der Waals surface area contributed by atoms with Gasteiger partial charge in [-0.25, -0.2) is 8.42 Å². The van der Waals surface area contributed by atoms with E-state index in [2.05, 4.69) is 29.5 Å². The molecule has 0 saturated carbocycles. The second kappa shape index (κ2) is 6.75. The number of aryl methyl sites for hydroxylation is 1. The topological polar surface area (TPSA) is 37.4 Å². The first kappa shape index (κ1) is 16.2. The third kappa shape index (κ3) is 3.54. The maximum absolute atomic E-state index is 12.8. The Labute approximate surface area is 135 Å². The van der Waals surface area contributed by atoms with Crippen molar-refractivity contribution in [1.29, 1.82) is 0 Å². The molecule has 1 saturated heterocycles. The van der Waals surface area contributed by atoms with Crippen LogP contribution in [0.3, 0.4) is 0 Å². The molecular formula is C15H22INO2S. The van der Waals surface area contributed by atoms with Gasteiger partial charge in [-0.2, -0.15) is 4.31 Å². The highest BCUT2D eigenvalue weighted by Crippen LogP contribution is 2.31. The maximum Gasteiger partial charge on any atom is 0.243 e. The summed E-state index contributed by atoms with van der Waals surface area (Å²) < 4.78 is 28.0. The summed E-state index contributed by atoms with van der Waals surface area (Å²) in [6, 6.07) is 7.34. The van der Waals surface area contributed by atoms with E-state index in [9.17, 15) is 8.42 Å². The summed E-state index contributed by atoms with van der Waals surface area (Å²) in [5.41, 5.74) is 1.08. The summed E-state index contributed by atoms with van der Waals surface area (Å²) in [7, 11) is -3.34. The molecule has 1 aromatic rings. The van der Waals surface area contributed by atoms with Crippen molar-refractivity contribution >= 4 is 32.6 Å². The zero-order valence-corrected chi connectivity index (χ0v) is 15.0. The fourth-order valence-corrected chi connectivity index (χ4v) is 5.28. The molecule has 0 amide bonds. The highest BCUT2D eigenvalue weighted by molar-refractivity contribution is 14.1. The number of hydrogen-bond acceptors (Lipinski definition) is 2. The predicted molar refractivity (Wildman–Crippen MR) is 90.8 cm³/mol. The average Bonchev–Trinajstić information content (AvgIpc) is 2.39. The van der Waals surface area contributed by atoms with Crippen LogP contribution in [-0.2, 0) is 10.0 Å². The summed E-state index contributed by atoms with van der Waals surface area (Å²) >= 11 is 2.45. The van der Waals surface area contributed by atoms with Crippen molar-refractivity contribution < 1.29 is 8.42 Å².